The Hall–Kier alpha value is -2.35. The molecule has 0 aliphatic heterocycles. The van der Waals surface area contributed by atoms with E-state index in [0.717, 1.165) is 34.2 Å². The predicted molar refractivity (Wildman–Crippen MR) is 126 cm³/mol. The Morgan fingerprint density at radius 1 is 1.23 bits per heavy atom. The number of benzene rings is 2. The van der Waals surface area contributed by atoms with Crippen LogP contribution >= 0.6 is 34.7 Å². The minimum absolute atomic E-state index is 0.0358. The fraction of sp³-hybridized carbons (Fsp3) is 0.261. The predicted octanol–water partition coefficient (Wildman–Crippen LogP) is 6.28. The third-order valence-electron chi connectivity index (χ3n) is 5.47. The van der Waals surface area contributed by atoms with Crippen LogP contribution in [0.3, 0.4) is 0 Å². The molecule has 1 aliphatic carbocycles. The summed E-state index contributed by atoms with van der Waals surface area (Å²) in [6.45, 7) is 1.85. The third kappa shape index (κ3) is 4.10. The Labute approximate surface area is 193 Å². The summed E-state index contributed by atoms with van der Waals surface area (Å²) in [6, 6.07) is 16.3. The lowest BCUT2D eigenvalue weighted by Gasteiger charge is -2.27. The molecule has 31 heavy (non-hydrogen) atoms. The molecule has 5 nitrogen and oxygen atoms in total. The van der Waals surface area contributed by atoms with Crippen molar-refractivity contribution in [1.82, 2.24) is 15.5 Å². The molecule has 4 aromatic rings. The fourth-order valence-electron chi connectivity index (χ4n) is 3.90. The van der Waals surface area contributed by atoms with Crippen LogP contribution in [0, 0.1) is 0 Å². The quantitative estimate of drug-likeness (QED) is 0.348. The summed E-state index contributed by atoms with van der Waals surface area (Å²) in [4.78, 5) is 13.6. The number of aryl methyl sites for hydroxylation is 1. The highest BCUT2D eigenvalue weighted by Crippen LogP contribution is 2.42. The van der Waals surface area contributed by atoms with Crippen molar-refractivity contribution in [2.45, 2.75) is 42.7 Å². The minimum Gasteiger partial charge on any atom is -0.410 e. The molecule has 158 valence electrons. The topological polar surface area (TPSA) is 68.0 Å². The van der Waals surface area contributed by atoms with Gasteiger partial charge in [0, 0.05) is 10.1 Å². The molecule has 0 spiro atoms. The second-order valence-electron chi connectivity index (χ2n) is 7.53. The van der Waals surface area contributed by atoms with Crippen LogP contribution in [0.1, 0.15) is 36.9 Å². The number of fused-ring (bicyclic) bond motifs is 2. The van der Waals surface area contributed by atoms with Crippen molar-refractivity contribution < 1.29 is 9.21 Å². The van der Waals surface area contributed by atoms with Crippen molar-refractivity contribution in [3.8, 4) is 10.8 Å². The summed E-state index contributed by atoms with van der Waals surface area (Å²) >= 11 is 9.29. The molecule has 1 aliphatic rings. The standard InChI is InChI=1S/C23H20ClN3O2S2/c1-13(21(28)25-17-11-6-8-14-7-2-3-9-15(14)17)30-23-27-26-22(29-23)20-19(24)16-10-4-5-12-18(16)31-20/h2-5,7,9-10,12-13,17H,6,8,11H2,1H3,(H,25,28)/t13-,17-/m0/s1. The SMILES string of the molecule is C[C@H](Sc1nnc(-c2sc3ccccc3c2Cl)o1)C(=O)N[C@H]1CCCc2ccccc21. The molecule has 0 unspecified atom stereocenters. The third-order valence-corrected chi connectivity index (χ3v) is 8.07. The monoisotopic (exact) mass is 469 g/mol. The van der Waals surface area contributed by atoms with Gasteiger partial charge in [-0.25, -0.2) is 0 Å². The molecule has 8 heteroatoms. The van der Waals surface area contributed by atoms with Gasteiger partial charge in [-0.2, -0.15) is 0 Å². The number of nitrogens with one attached hydrogen (secondary N) is 1. The highest BCUT2D eigenvalue weighted by molar-refractivity contribution is 8.00. The van der Waals surface area contributed by atoms with Gasteiger partial charge in [-0.3, -0.25) is 4.79 Å². The van der Waals surface area contributed by atoms with Gasteiger partial charge < -0.3 is 9.73 Å². The van der Waals surface area contributed by atoms with Crippen LogP contribution < -0.4 is 5.32 Å². The molecule has 0 bridgehead atoms. The zero-order valence-corrected chi connectivity index (χ0v) is 19.2. The van der Waals surface area contributed by atoms with E-state index in [0.29, 0.717) is 16.1 Å². The number of thiophene rings is 1. The van der Waals surface area contributed by atoms with Crippen LogP contribution in [0.25, 0.3) is 20.9 Å². The van der Waals surface area contributed by atoms with E-state index in [2.05, 4.69) is 33.7 Å². The Balaban J connectivity index is 1.28. The molecule has 2 atom stereocenters. The Bertz CT molecular complexity index is 1250. The summed E-state index contributed by atoms with van der Waals surface area (Å²) in [5.74, 6) is 0.342. The lowest BCUT2D eigenvalue weighted by atomic mass is 9.88. The van der Waals surface area contributed by atoms with Crippen molar-refractivity contribution in [2.24, 2.45) is 0 Å². The lowest BCUT2D eigenvalue weighted by Crippen LogP contribution is -2.35. The first-order valence-electron chi connectivity index (χ1n) is 10.2. The number of nitrogens with zero attached hydrogens (tertiary/aromatic N) is 2. The molecule has 1 N–H and O–H groups in total. The molecule has 2 aromatic heterocycles. The second kappa shape index (κ2) is 8.65. The van der Waals surface area contributed by atoms with Gasteiger partial charge in [0.05, 0.1) is 16.3 Å². The first-order valence-corrected chi connectivity index (χ1v) is 12.2. The molecule has 1 amide bonds. The van der Waals surface area contributed by atoms with Gasteiger partial charge in [0.2, 0.25) is 5.91 Å². The van der Waals surface area contributed by atoms with Gasteiger partial charge in [0.15, 0.2) is 0 Å². The number of hydrogen-bond acceptors (Lipinski definition) is 6. The van der Waals surface area contributed by atoms with Crippen LogP contribution in [0.15, 0.2) is 58.2 Å². The molecule has 0 fully saturated rings. The summed E-state index contributed by atoms with van der Waals surface area (Å²) in [5, 5.41) is 13.1. The number of halogens is 1. The molecular formula is C23H20ClN3O2S2. The van der Waals surface area contributed by atoms with Gasteiger partial charge in [0.1, 0.15) is 4.88 Å². The van der Waals surface area contributed by atoms with Gasteiger partial charge in [0.25, 0.3) is 11.1 Å². The maximum absolute atomic E-state index is 12.8. The normalized spacial score (nSPS) is 16.8. The number of thioether (sulfide) groups is 1. The lowest BCUT2D eigenvalue weighted by molar-refractivity contribution is -0.121. The number of carbonyl (C=O) groups excluding carboxylic acids is 1. The zero-order valence-electron chi connectivity index (χ0n) is 16.8. The van der Waals surface area contributed by atoms with Crippen LogP contribution in [0.5, 0.6) is 0 Å². The van der Waals surface area contributed by atoms with Crippen LogP contribution in [0.4, 0.5) is 0 Å². The van der Waals surface area contributed by atoms with Gasteiger partial charge in [-0.15, -0.1) is 21.5 Å². The first-order chi connectivity index (χ1) is 15.1. The average Bonchev–Trinajstić information content (AvgIpc) is 3.38. The highest BCUT2D eigenvalue weighted by atomic mass is 35.5. The van der Waals surface area contributed by atoms with E-state index in [-0.39, 0.29) is 17.2 Å². The van der Waals surface area contributed by atoms with E-state index >= 15 is 0 Å². The first kappa shape index (κ1) is 20.5. The summed E-state index contributed by atoms with van der Waals surface area (Å²) in [7, 11) is 0. The molecular weight excluding hydrogens is 450 g/mol. The number of aromatic nitrogens is 2. The van der Waals surface area contributed by atoms with Gasteiger partial charge in [-0.1, -0.05) is 65.8 Å². The number of hydrogen-bond donors (Lipinski definition) is 1. The summed E-state index contributed by atoms with van der Waals surface area (Å²) in [6.07, 6.45) is 3.10. The van der Waals surface area contributed by atoms with E-state index < -0.39 is 0 Å². The molecule has 0 radical (unpaired) electrons. The average molecular weight is 470 g/mol. The van der Waals surface area contributed by atoms with Gasteiger partial charge in [-0.05, 0) is 43.4 Å². The minimum atomic E-state index is -0.361. The van der Waals surface area contributed by atoms with Crippen molar-refractivity contribution in [1.29, 1.82) is 0 Å². The maximum Gasteiger partial charge on any atom is 0.277 e. The van der Waals surface area contributed by atoms with Crippen molar-refractivity contribution >= 4 is 50.7 Å². The fourth-order valence-corrected chi connectivity index (χ4v) is 6.02. The molecule has 0 saturated heterocycles. The van der Waals surface area contributed by atoms with Crippen molar-refractivity contribution in [2.75, 3.05) is 0 Å². The zero-order chi connectivity index (χ0) is 21.4. The van der Waals surface area contributed by atoms with E-state index in [1.165, 1.54) is 34.2 Å². The van der Waals surface area contributed by atoms with Crippen LogP contribution in [0.2, 0.25) is 5.02 Å². The van der Waals surface area contributed by atoms with Gasteiger partial charge >= 0.3 is 0 Å². The number of amides is 1. The Morgan fingerprint density at radius 2 is 2.03 bits per heavy atom. The van der Waals surface area contributed by atoms with Crippen LogP contribution in [-0.4, -0.2) is 21.4 Å². The molecule has 0 saturated carbocycles. The smallest absolute Gasteiger partial charge is 0.277 e. The Morgan fingerprint density at radius 3 is 2.90 bits per heavy atom. The van der Waals surface area contributed by atoms with E-state index in [4.69, 9.17) is 16.0 Å². The maximum atomic E-state index is 12.8. The molecule has 5 rings (SSSR count). The van der Waals surface area contributed by atoms with E-state index in [1.807, 2.05) is 37.3 Å². The largest absolute Gasteiger partial charge is 0.410 e. The highest BCUT2D eigenvalue weighted by Gasteiger charge is 2.26. The second-order valence-corrected chi connectivity index (χ2v) is 10.2. The number of carbonyl (C=O) groups is 1. The van der Waals surface area contributed by atoms with Crippen molar-refractivity contribution in [3.63, 3.8) is 0 Å². The van der Waals surface area contributed by atoms with E-state index in [9.17, 15) is 4.79 Å². The van der Waals surface area contributed by atoms with Crippen molar-refractivity contribution in [3.05, 3.63) is 64.7 Å². The Kier molecular flexibility index (Phi) is 5.73. The van der Waals surface area contributed by atoms with E-state index in [1.54, 1.807) is 0 Å². The molecule has 2 heterocycles. The number of rotatable bonds is 5. The molecule has 2 aromatic carbocycles. The summed E-state index contributed by atoms with van der Waals surface area (Å²) < 4.78 is 6.90. The summed E-state index contributed by atoms with van der Waals surface area (Å²) in [5.41, 5.74) is 2.54. The van der Waals surface area contributed by atoms with Crippen LogP contribution in [-0.2, 0) is 11.2 Å².